The molecule has 2 N–H and O–H groups in total. The zero-order chi connectivity index (χ0) is 19.3. The number of hydrogen-bond donors (Lipinski definition) is 2. The lowest BCUT2D eigenvalue weighted by Crippen LogP contribution is -2.50. The van der Waals surface area contributed by atoms with E-state index in [9.17, 15) is 13.2 Å². The second-order valence-electron chi connectivity index (χ2n) is 7.08. The molecular formula is C18H27N3O5S. The van der Waals surface area contributed by atoms with Gasteiger partial charge in [-0.05, 0) is 49.9 Å². The van der Waals surface area contributed by atoms with Crippen molar-refractivity contribution in [3.63, 3.8) is 0 Å². The molecule has 8 nitrogen and oxygen atoms in total. The monoisotopic (exact) mass is 397 g/mol. The Morgan fingerprint density at radius 2 is 2.04 bits per heavy atom. The Hall–Kier alpha value is -1.84. The highest BCUT2D eigenvalue weighted by Crippen LogP contribution is 2.19. The van der Waals surface area contributed by atoms with Gasteiger partial charge in [-0.3, -0.25) is 0 Å². The standard InChI is InChI=1S/C18H27N3O5S/c1-27(23,24)20-15-4-2-10-21(12-15)18(22)19-14-6-8-16(9-7-14)26-13-17-5-3-11-25-17/h6-9,15,17,20H,2-5,10-13H2,1H3,(H,19,22)/t15-,17+/m1/s1. The van der Waals surface area contributed by atoms with Crippen molar-refractivity contribution in [3.8, 4) is 5.75 Å². The van der Waals surface area contributed by atoms with Crippen LogP contribution in [0.4, 0.5) is 10.5 Å². The maximum atomic E-state index is 12.5. The smallest absolute Gasteiger partial charge is 0.321 e. The molecule has 27 heavy (non-hydrogen) atoms. The van der Waals surface area contributed by atoms with E-state index in [1.807, 2.05) is 12.1 Å². The molecule has 2 aliphatic rings. The quantitative estimate of drug-likeness (QED) is 0.763. The molecule has 0 saturated carbocycles. The summed E-state index contributed by atoms with van der Waals surface area (Å²) in [7, 11) is -3.28. The molecule has 2 atom stereocenters. The fraction of sp³-hybridized carbons (Fsp3) is 0.611. The number of benzene rings is 1. The molecular weight excluding hydrogens is 370 g/mol. The number of nitrogens with one attached hydrogen (secondary N) is 2. The van der Waals surface area contributed by atoms with E-state index in [4.69, 9.17) is 9.47 Å². The van der Waals surface area contributed by atoms with Gasteiger partial charge >= 0.3 is 6.03 Å². The van der Waals surface area contributed by atoms with E-state index in [2.05, 4.69) is 10.0 Å². The molecule has 0 spiro atoms. The Morgan fingerprint density at radius 3 is 2.70 bits per heavy atom. The molecule has 2 amide bonds. The molecule has 0 radical (unpaired) electrons. The van der Waals surface area contributed by atoms with Crippen LogP contribution < -0.4 is 14.8 Å². The number of anilines is 1. The Balaban J connectivity index is 1.48. The van der Waals surface area contributed by atoms with Gasteiger partial charge in [-0.25, -0.2) is 17.9 Å². The molecule has 0 aromatic heterocycles. The molecule has 9 heteroatoms. The molecule has 2 aliphatic heterocycles. The van der Waals surface area contributed by atoms with E-state index < -0.39 is 10.0 Å². The van der Waals surface area contributed by atoms with Crippen molar-refractivity contribution < 1.29 is 22.7 Å². The Bertz CT molecular complexity index is 732. The van der Waals surface area contributed by atoms with Crippen molar-refractivity contribution in [1.29, 1.82) is 0 Å². The average Bonchev–Trinajstić information content (AvgIpc) is 3.13. The molecule has 0 unspecified atom stereocenters. The summed E-state index contributed by atoms with van der Waals surface area (Å²) in [6.45, 7) is 2.31. The van der Waals surface area contributed by atoms with Gasteiger partial charge in [0.05, 0.1) is 12.4 Å². The maximum absolute atomic E-state index is 12.5. The summed E-state index contributed by atoms with van der Waals surface area (Å²) in [5, 5.41) is 2.85. The molecule has 1 aromatic carbocycles. The number of nitrogens with zero attached hydrogens (tertiary/aromatic N) is 1. The van der Waals surface area contributed by atoms with Crippen LogP contribution in [-0.4, -0.2) is 64.1 Å². The van der Waals surface area contributed by atoms with Crippen molar-refractivity contribution in [3.05, 3.63) is 24.3 Å². The summed E-state index contributed by atoms with van der Waals surface area (Å²) in [6, 6.07) is 6.73. The number of carbonyl (C=O) groups is 1. The lowest BCUT2D eigenvalue weighted by molar-refractivity contribution is 0.0679. The van der Waals surface area contributed by atoms with Gasteiger partial charge in [0.25, 0.3) is 0 Å². The minimum atomic E-state index is -3.28. The molecule has 2 heterocycles. The highest BCUT2D eigenvalue weighted by atomic mass is 32.2. The summed E-state index contributed by atoms with van der Waals surface area (Å²) in [5.74, 6) is 0.735. The van der Waals surface area contributed by atoms with E-state index in [0.29, 0.717) is 25.4 Å². The van der Waals surface area contributed by atoms with Gasteiger partial charge in [-0.1, -0.05) is 0 Å². The SMILES string of the molecule is CS(=O)(=O)N[C@@H]1CCCN(C(=O)Nc2ccc(OC[C@@H]3CCCO3)cc2)C1. The predicted molar refractivity (Wildman–Crippen MR) is 103 cm³/mol. The number of likely N-dealkylation sites (tertiary alicyclic amines) is 1. The number of piperidine rings is 1. The minimum absolute atomic E-state index is 0.164. The van der Waals surface area contributed by atoms with Crippen molar-refractivity contribution in [2.24, 2.45) is 0 Å². The van der Waals surface area contributed by atoms with Gasteiger partial charge in [-0.15, -0.1) is 0 Å². The van der Waals surface area contributed by atoms with Crippen LogP contribution in [0.15, 0.2) is 24.3 Å². The van der Waals surface area contributed by atoms with Crippen molar-refractivity contribution in [1.82, 2.24) is 9.62 Å². The summed E-state index contributed by atoms with van der Waals surface area (Å²) in [4.78, 5) is 14.1. The van der Waals surface area contributed by atoms with E-state index in [1.54, 1.807) is 17.0 Å². The highest BCUT2D eigenvalue weighted by molar-refractivity contribution is 7.88. The van der Waals surface area contributed by atoms with Crippen LogP contribution in [0.5, 0.6) is 5.75 Å². The lowest BCUT2D eigenvalue weighted by Gasteiger charge is -2.32. The number of ether oxygens (including phenoxy) is 2. The third-order valence-electron chi connectivity index (χ3n) is 4.65. The van der Waals surface area contributed by atoms with E-state index >= 15 is 0 Å². The number of rotatable bonds is 6. The first-order valence-electron chi connectivity index (χ1n) is 9.27. The van der Waals surface area contributed by atoms with Gasteiger partial charge in [0.15, 0.2) is 0 Å². The maximum Gasteiger partial charge on any atom is 0.321 e. The summed E-state index contributed by atoms with van der Waals surface area (Å²) < 4.78 is 36.6. The second kappa shape index (κ2) is 8.90. The van der Waals surface area contributed by atoms with Crippen LogP contribution >= 0.6 is 0 Å². The normalized spacial score (nSPS) is 23.2. The molecule has 150 valence electrons. The number of carbonyl (C=O) groups excluding carboxylic acids is 1. The van der Waals surface area contributed by atoms with Gasteiger partial charge in [0.1, 0.15) is 12.4 Å². The average molecular weight is 397 g/mol. The predicted octanol–water partition coefficient (Wildman–Crippen LogP) is 1.79. The Kier molecular flexibility index (Phi) is 6.56. The van der Waals surface area contributed by atoms with Crippen LogP contribution in [0.2, 0.25) is 0 Å². The van der Waals surface area contributed by atoms with Crippen LogP contribution in [-0.2, 0) is 14.8 Å². The van der Waals surface area contributed by atoms with Crippen LogP contribution in [0.3, 0.4) is 0 Å². The van der Waals surface area contributed by atoms with Crippen LogP contribution in [0.1, 0.15) is 25.7 Å². The molecule has 2 fully saturated rings. The summed E-state index contributed by atoms with van der Waals surface area (Å²) >= 11 is 0. The first kappa shape index (κ1) is 19.9. The van der Waals surface area contributed by atoms with E-state index in [-0.39, 0.29) is 18.2 Å². The van der Waals surface area contributed by atoms with Gasteiger partial charge in [-0.2, -0.15) is 0 Å². The van der Waals surface area contributed by atoms with Gasteiger partial charge < -0.3 is 19.7 Å². The Morgan fingerprint density at radius 1 is 1.26 bits per heavy atom. The zero-order valence-corrected chi connectivity index (χ0v) is 16.3. The van der Waals surface area contributed by atoms with Crippen molar-refractivity contribution in [2.45, 2.75) is 37.8 Å². The van der Waals surface area contributed by atoms with Gasteiger partial charge in [0, 0.05) is 31.4 Å². The molecule has 0 bridgehead atoms. The summed E-state index contributed by atoms with van der Waals surface area (Å²) in [5.41, 5.74) is 0.669. The van der Waals surface area contributed by atoms with Crippen LogP contribution in [0.25, 0.3) is 0 Å². The van der Waals surface area contributed by atoms with E-state index in [0.717, 1.165) is 44.3 Å². The third kappa shape index (κ3) is 6.37. The van der Waals surface area contributed by atoms with Crippen LogP contribution in [0, 0.1) is 0 Å². The highest BCUT2D eigenvalue weighted by Gasteiger charge is 2.25. The first-order valence-corrected chi connectivity index (χ1v) is 11.2. The lowest BCUT2D eigenvalue weighted by atomic mass is 10.1. The molecule has 3 rings (SSSR count). The topological polar surface area (TPSA) is 97.0 Å². The molecule has 1 aromatic rings. The molecule has 2 saturated heterocycles. The number of hydrogen-bond acceptors (Lipinski definition) is 5. The minimum Gasteiger partial charge on any atom is -0.491 e. The summed E-state index contributed by atoms with van der Waals surface area (Å²) in [6.07, 6.45) is 4.89. The first-order chi connectivity index (χ1) is 12.9. The number of urea groups is 1. The van der Waals surface area contributed by atoms with Crippen molar-refractivity contribution in [2.75, 3.05) is 37.9 Å². The zero-order valence-electron chi connectivity index (χ0n) is 15.5. The number of sulfonamides is 1. The Labute approximate surface area is 160 Å². The fourth-order valence-electron chi connectivity index (χ4n) is 3.36. The van der Waals surface area contributed by atoms with Gasteiger partial charge in [0.2, 0.25) is 10.0 Å². The molecule has 0 aliphatic carbocycles. The fourth-order valence-corrected chi connectivity index (χ4v) is 4.16. The third-order valence-corrected chi connectivity index (χ3v) is 5.42. The van der Waals surface area contributed by atoms with E-state index in [1.165, 1.54) is 0 Å². The number of amides is 2. The second-order valence-corrected chi connectivity index (χ2v) is 8.86. The van der Waals surface area contributed by atoms with Crippen molar-refractivity contribution >= 4 is 21.7 Å². The largest absolute Gasteiger partial charge is 0.491 e.